The van der Waals surface area contributed by atoms with E-state index in [1.807, 2.05) is 0 Å². The van der Waals surface area contributed by atoms with Gasteiger partial charge < -0.3 is 25.3 Å². The van der Waals surface area contributed by atoms with E-state index >= 15 is 0 Å². The summed E-state index contributed by atoms with van der Waals surface area (Å²) in [6.45, 7) is -0.447. The number of β-lactam (4-membered cyclic amide) rings is 1. The molecule has 14 heteroatoms. The van der Waals surface area contributed by atoms with Crippen molar-refractivity contribution in [1.82, 2.24) is 10.2 Å². The van der Waals surface area contributed by atoms with Gasteiger partial charge in [0, 0.05) is 17.6 Å². The standard InChI is InChI=1S/C17H23N3O9S2/c1-31(25,26)5-4-27-15(22)12-10(7-28-16(18)23)8-30-14-11(13(21)20(12)14)19-17(24)29-6-9-2-3-9/h9,11,14H,2-8H2,1H3,(H2,18,23)(H,19,24)/t11-,14-/m1/s1. The highest BCUT2D eigenvalue weighted by molar-refractivity contribution is 8.00. The fourth-order valence-electron chi connectivity index (χ4n) is 2.94. The molecule has 0 spiro atoms. The molecule has 31 heavy (non-hydrogen) atoms. The summed E-state index contributed by atoms with van der Waals surface area (Å²) < 4.78 is 37.4. The Kier molecular flexibility index (Phi) is 6.99. The minimum Gasteiger partial charge on any atom is -0.460 e. The molecule has 3 N–H and O–H groups in total. The molecule has 3 aliphatic rings. The Morgan fingerprint density at radius 2 is 1.94 bits per heavy atom. The molecule has 1 saturated heterocycles. The van der Waals surface area contributed by atoms with Crippen molar-refractivity contribution < 1.29 is 41.8 Å². The van der Waals surface area contributed by atoms with Gasteiger partial charge in [0.15, 0.2) is 9.84 Å². The largest absolute Gasteiger partial charge is 0.460 e. The monoisotopic (exact) mass is 477 g/mol. The van der Waals surface area contributed by atoms with Crippen LogP contribution in [0.5, 0.6) is 0 Å². The van der Waals surface area contributed by atoms with Crippen LogP contribution in [0, 0.1) is 5.92 Å². The van der Waals surface area contributed by atoms with Crippen molar-refractivity contribution in [3.63, 3.8) is 0 Å². The Morgan fingerprint density at radius 3 is 2.55 bits per heavy atom. The molecule has 2 heterocycles. The molecule has 0 unspecified atom stereocenters. The van der Waals surface area contributed by atoms with E-state index in [1.54, 1.807) is 0 Å². The van der Waals surface area contributed by atoms with E-state index in [9.17, 15) is 27.6 Å². The lowest BCUT2D eigenvalue weighted by atomic mass is 10.0. The van der Waals surface area contributed by atoms with E-state index in [4.69, 9.17) is 19.9 Å². The van der Waals surface area contributed by atoms with Gasteiger partial charge >= 0.3 is 18.2 Å². The van der Waals surface area contributed by atoms with Crippen molar-refractivity contribution in [1.29, 1.82) is 0 Å². The lowest BCUT2D eigenvalue weighted by Gasteiger charge is -2.49. The predicted molar refractivity (Wildman–Crippen MR) is 107 cm³/mol. The zero-order valence-corrected chi connectivity index (χ0v) is 18.3. The fraction of sp³-hybridized carbons (Fsp3) is 0.647. The lowest BCUT2D eigenvalue weighted by molar-refractivity contribution is -0.151. The van der Waals surface area contributed by atoms with E-state index in [2.05, 4.69) is 5.32 Å². The molecule has 0 aromatic rings. The molecule has 3 amide bonds. The van der Waals surface area contributed by atoms with Gasteiger partial charge in [-0.25, -0.2) is 22.8 Å². The molecule has 0 aromatic carbocycles. The second kappa shape index (κ2) is 9.34. The number of amides is 3. The van der Waals surface area contributed by atoms with Gasteiger partial charge in [0.1, 0.15) is 30.3 Å². The average molecular weight is 478 g/mol. The third kappa shape index (κ3) is 6.03. The minimum absolute atomic E-state index is 0.145. The molecule has 1 saturated carbocycles. The Bertz CT molecular complexity index is 914. The number of esters is 1. The molecule has 0 aromatic heterocycles. The molecular formula is C17H23N3O9S2. The van der Waals surface area contributed by atoms with Crippen molar-refractivity contribution in [3.8, 4) is 0 Å². The molecule has 12 nitrogen and oxygen atoms in total. The summed E-state index contributed by atoms with van der Waals surface area (Å²) in [5, 5.41) is 1.92. The number of fused-ring (bicyclic) bond motifs is 1. The molecule has 2 aliphatic heterocycles. The fourth-order valence-corrected chi connectivity index (χ4v) is 4.66. The summed E-state index contributed by atoms with van der Waals surface area (Å²) in [4.78, 5) is 49.4. The number of primary amides is 1. The normalized spacial score (nSPS) is 22.9. The van der Waals surface area contributed by atoms with Crippen molar-refractivity contribution in [2.45, 2.75) is 24.3 Å². The number of carbonyl (C=O) groups excluding carboxylic acids is 4. The van der Waals surface area contributed by atoms with Crippen LogP contribution in [0.3, 0.4) is 0 Å². The van der Waals surface area contributed by atoms with E-state index < -0.39 is 51.9 Å². The van der Waals surface area contributed by atoms with Gasteiger partial charge in [0.2, 0.25) is 0 Å². The Balaban J connectivity index is 1.69. The maximum absolute atomic E-state index is 12.7. The van der Waals surface area contributed by atoms with E-state index in [1.165, 1.54) is 11.8 Å². The van der Waals surface area contributed by atoms with Crippen LogP contribution >= 0.6 is 11.8 Å². The van der Waals surface area contributed by atoms with Crippen LogP contribution in [0.1, 0.15) is 12.8 Å². The summed E-state index contributed by atoms with van der Waals surface area (Å²) in [7, 11) is -3.36. The van der Waals surface area contributed by atoms with Crippen LogP contribution < -0.4 is 11.1 Å². The van der Waals surface area contributed by atoms with E-state index in [0.717, 1.165) is 24.0 Å². The number of sulfone groups is 1. The highest BCUT2D eigenvalue weighted by atomic mass is 32.2. The van der Waals surface area contributed by atoms with E-state index in [0.29, 0.717) is 12.5 Å². The number of rotatable bonds is 9. The second-order valence-corrected chi connectivity index (χ2v) is 10.8. The highest BCUT2D eigenvalue weighted by Crippen LogP contribution is 2.40. The first kappa shape index (κ1) is 23.2. The Morgan fingerprint density at radius 1 is 1.23 bits per heavy atom. The molecule has 0 radical (unpaired) electrons. The SMILES string of the molecule is CS(=O)(=O)CCOC(=O)C1=C(COC(N)=O)CS[C@@H]2[C@H](NC(=O)OCC3CC3)C(=O)N12. The quantitative estimate of drug-likeness (QED) is 0.247. The first-order valence-corrected chi connectivity index (χ1v) is 12.5. The highest BCUT2D eigenvalue weighted by Gasteiger charge is 2.54. The van der Waals surface area contributed by atoms with Crippen molar-refractivity contribution >= 4 is 45.7 Å². The number of ether oxygens (including phenoxy) is 3. The summed E-state index contributed by atoms with van der Waals surface area (Å²) >= 11 is 1.25. The van der Waals surface area contributed by atoms with Gasteiger partial charge in [-0.05, 0) is 18.8 Å². The van der Waals surface area contributed by atoms with Crippen LogP contribution in [0.2, 0.25) is 0 Å². The Labute approximate surface area is 182 Å². The zero-order valence-electron chi connectivity index (χ0n) is 16.7. The van der Waals surface area contributed by atoms with Gasteiger partial charge in [0.25, 0.3) is 5.91 Å². The molecule has 0 bridgehead atoms. The molecule has 1 aliphatic carbocycles. The lowest BCUT2D eigenvalue weighted by Crippen LogP contribution is -2.70. The summed E-state index contributed by atoms with van der Waals surface area (Å²) in [6, 6.07) is -0.894. The maximum Gasteiger partial charge on any atom is 0.407 e. The van der Waals surface area contributed by atoms with Gasteiger partial charge in [-0.2, -0.15) is 0 Å². The number of hydrogen-bond acceptors (Lipinski definition) is 10. The molecular weight excluding hydrogens is 454 g/mol. The Hall–Kier alpha value is -2.48. The number of nitrogens with zero attached hydrogens (tertiary/aromatic N) is 1. The third-order valence-corrected chi connectivity index (χ3v) is 6.98. The smallest absolute Gasteiger partial charge is 0.407 e. The maximum atomic E-state index is 12.7. The number of alkyl carbamates (subject to hydrolysis) is 1. The third-order valence-electron chi connectivity index (χ3n) is 4.74. The number of thioether (sulfide) groups is 1. The topological polar surface area (TPSA) is 171 Å². The van der Waals surface area contributed by atoms with Gasteiger partial charge in [-0.3, -0.25) is 9.69 Å². The number of nitrogens with one attached hydrogen (secondary N) is 1. The van der Waals surface area contributed by atoms with Crippen LogP contribution in [-0.2, 0) is 33.6 Å². The first-order chi connectivity index (χ1) is 14.6. The number of nitrogens with two attached hydrogens (primary N) is 1. The van der Waals surface area contributed by atoms with Crippen LogP contribution in [0.25, 0.3) is 0 Å². The predicted octanol–water partition coefficient (Wildman–Crippen LogP) is -0.656. The number of carbonyl (C=O) groups is 4. The van der Waals surface area contributed by atoms with E-state index in [-0.39, 0.29) is 29.4 Å². The average Bonchev–Trinajstić information content (AvgIpc) is 3.51. The van der Waals surface area contributed by atoms with Gasteiger partial charge in [-0.1, -0.05) is 0 Å². The molecule has 2 fully saturated rings. The van der Waals surface area contributed by atoms with Crippen molar-refractivity contribution in [3.05, 3.63) is 11.3 Å². The molecule has 172 valence electrons. The minimum atomic E-state index is -3.36. The summed E-state index contributed by atoms with van der Waals surface area (Å²) in [5.41, 5.74) is 5.12. The zero-order chi connectivity index (χ0) is 22.8. The number of hydrogen-bond donors (Lipinski definition) is 2. The summed E-state index contributed by atoms with van der Waals surface area (Å²) in [5.74, 6) is -1.31. The van der Waals surface area contributed by atoms with Crippen molar-refractivity contribution in [2.75, 3.05) is 37.6 Å². The van der Waals surface area contributed by atoms with Crippen LogP contribution in [0.4, 0.5) is 9.59 Å². The van der Waals surface area contributed by atoms with Gasteiger partial charge in [-0.15, -0.1) is 11.8 Å². The molecule has 2 atom stereocenters. The molecule has 3 rings (SSSR count). The van der Waals surface area contributed by atoms with Crippen LogP contribution in [0.15, 0.2) is 11.3 Å². The van der Waals surface area contributed by atoms with Crippen molar-refractivity contribution in [2.24, 2.45) is 11.7 Å². The summed E-state index contributed by atoms with van der Waals surface area (Å²) in [6.07, 6.45) is 1.24. The van der Waals surface area contributed by atoms with Crippen LogP contribution in [-0.4, -0.2) is 86.4 Å². The first-order valence-electron chi connectivity index (χ1n) is 9.44. The van der Waals surface area contributed by atoms with Gasteiger partial charge in [0.05, 0.1) is 12.4 Å². The second-order valence-electron chi connectivity index (χ2n) is 7.40.